The molecule has 0 bridgehead atoms. The van der Waals surface area contributed by atoms with Crippen LogP contribution in [0.4, 0.5) is 18.9 Å². The fraction of sp³-hybridized carbons (Fsp3) is 0.0714. The topological polar surface area (TPSA) is 29.1 Å². The summed E-state index contributed by atoms with van der Waals surface area (Å²) in [6.07, 6.45) is 0. The van der Waals surface area contributed by atoms with Crippen molar-refractivity contribution in [2.75, 3.05) is 5.32 Å². The summed E-state index contributed by atoms with van der Waals surface area (Å²) in [7, 11) is 0. The molecule has 0 fully saturated rings. The number of nitrogens with one attached hydrogen (secondary N) is 1. The molecular weight excluding hydrogens is 367 g/mol. The van der Waals surface area contributed by atoms with Crippen LogP contribution in [0.25, 0.3) is 0 Å². The summed E-state index contributed by atoms with van der Waals surface area (Å²) in [6, 6.07) is 9.93. The molecule has 0 unspecified atom stereocenters. The molecule has 1 amide bonds. The maximum Gasteiger partial charge on any atom is 0.288 e. The van der Waals surface area contributed by atoms with Gasteiger partial charge in [-0.05, 0) is 42.5 Å². The highest BCUT2D eigenvalue weighted by atomic mass is 79.9. The van der Waals surface area contributed by atoms with Crippen molar-refractivity contribution in [1.29, 1.82) is 0 Å². The number of carbonyl (C=O) groups excluding carboxylic acids is 1. The van der Waals surface area contributed by atoms with Crippen molar-refractivity contribution in [2.45, 2.75) is 10.7 Å². The van der Waals surface area contributed by atoms with Crippen LogP contribution < -0.4 is 5.32 Å². The van der Waals surface area contributed by atoms with Crippen molar-refractivity contribution in [2.24, 2.45) is 0 Å². The van der Waals surface area contributed by atoms with Crippen LogP contribution >= 0.6 is 27.7 Å². The number of halogens is 4. The second-order valence-corrected chi connectivity index (χ2v) is 5.96. The maximum atomic E-state index is 13.6. The molecular formula is C14H9BrF3NOS. The van der Waals surface area contributed by atoms with Crippen molar-refractivity contribution >= 4 is 39.3 Å². The predicted octanol–water partition coefficient (Wildman–Crippen LogP) is 5.16. The monoisotopic (exact) mass is 375 g/mol. The molecule has 0 heterocycles. The molecule has 110 valence electrons. The van der Waals surface area contributed by atoms with E-state index in [-0.39, 0.29) is 5.56 Å². The Labute approximate surface area is 131 Å². The molecule has 2 aromatic rings. The fourth-order valence-electron chi connectivity index (χ4n) is 1.59. The molecule has 0 aliphatic heterocycles. The lowest BCUT2D eigenvalue weighted by Gasteiger charge is -2.07. The van der Waals surface area contributed by atoms with E-state index in [0.29, 0.717) is 26.8 Å². The lowest BCUT2D eigenvalue weighted by molar-refractivity contribution is 0.102. The molecule has 0 aliphatic rings. The van der Waals surface area contributed by atoms with Gasteiger partial charge in [-0.25, -0.2) is 4.39 Å². The number of carbonyl (C=O) groups is 1. The van der Waals surface area contributed by atoms with E-state index in [9.17, 15) is 18.0 Å². The van der Waals surface area contributed by atoms with Crippen LogP contribution in [0.15, 0.2) is 51.8 Å². The minimum atomic E-state index is -2.50. The molecule has 0 aromatic heterocycles. The third-order valence-electron chi connectivity index (χ3n) is 2.51. The standard InChI is InChI=1S/C14H9BrF3NOS/c15-8-1-6-12(16)11(7-8)13(20)19-9-2-4-10(5-3-9)21-14(17)18/h1-7,14H,(H,19,20). The number of alkyl halides is 2. The Bertz CT molecular complexity index is 649. The Kier molecular flexibility index (Phi) is 5.30. The normalized spacial score (nSPS) is 10.7. The number of anilines is 1. The fourth-order valence-corrected chi connectivity index (χ4v) is 2.45. The molecule has 0 spiro atoms. The second-order valence-electron chi connectivity index (χ2n) is 3.98. The summed E-state index contributed by atoms with van der Waals surface area (Å²) in [5, 5.41) is 2.51. The third-order valence-corrected chi connectivity index (χ3v) is 3.73. The molecule has 2 nitrogen and oxygen atoms in total. The van der Waals surface area contributed by atoms with Gasteiger partial charge in [-0.1, -0.05) is 27.7 Å². The predicted molar refractivity (Wildman–Crippen MR) is 80.4 cm³/mol. The number of hydrogen-bond donors (Lipinski definition) is 1. The molecule has 21 heavy (non-hydrogen) atoms. The van der Waals surface area contributed by atoms with E-state index in [1.54, 1.807) is 0 Å². The lowest BCUT2D eigenvalue weighted by Crippen LogP contribution is -2.13. The van der Waals surface area contributed by atoms with Gasteiger partial charge in [-0.2, -0.15) is 8.78 Å². The van der Waals surface area contributed by atoms with Gasteiger partial charge in [0.15, 0.2) is 0 Å². The van der Waals surface area contributed by atoms with Gasteiger partial charge in [0.1, 0.15) is 5.82 Å². The number of hydrogen-bond acceptors (Lipinski definition) is 2. The molecule has 0 radical (unpaired) electrons. The Balaban J connectivity index is 2.10. The summed E-state index contributed by atoms with van der Waals surface area (Å²) >= 11 is 3.58. The molecule has 1 N–H and O–H groups in total. The van der Waals surface area contributed by atoms with Gasteiger partial charge in [0, 0.05) is 15.1 Å². The van der Waals surface area contributed by atoms with Crippen LogP contribution in [0, 0.1) is 5.82 Å². The van der Waals surface area contributed by atoms with Gasteiger partial charge in [-0.15, -0.1) is 0 Å². The second kappa shape index (κ2) is 7.00. The van der Waals surface area contributed by atoms with Crippen LogP contribution in [0.2, 0.25) is 0 Å². The van der Waals surface area contributed by atoms with E-state index in [1.807, 2.05) is 0 Å². The van der Waals surface area contributed by atoms with E-state index in [4.69, 9.17) is 0 Å². The largest absolute Gasteiger partial charge is 0.322 e. The number of amides is 1. The summed E-state index contributed by atoms with van der Waals surface area (Å²) in [6.45, 7) is 0. The molecule has 0 atom stereocenters. The van der Waals surface area contributed by atoms with E-state index in [0.717, 1.165) is 0 Å². The summed E-state index contributed by atoms with van der Waals surface area (Å²) < 4.78 is 38.5. The zero-order chi connectivity index (χ0) is 15.4. The number of benzene rings is 2. The highest BCUT2D eigenvalue weighted by Gasteiger charge is 2.12. The molecule has 7 heteroatoms. The average molecular weight is 376 g/mol. The Morgan fingerprint density at radius 2 is 1.81 bits per heavy atom. The Hall–Kier alpha value is -1.47. The first-order valence-electron chi connectivity index (χ1n) is 5.77. The van der Waals surface area contributed by atoms with Gasteiger partial charge < -0.3 is 5.32 Å². The van der Waals surface area contributed by atoms with Crippen molar-refractivity contribution in [1.82, 2.24) is 0 Å². The number of rotatable bonds is 4. The van der Waals surface area contributed by atoms with Crippen LogP contribution in [0.3, 0.4) is 0 Å². The molecule has 2 rings (SSSR count). The van der Waals surface area contributed by atoms with Gasteiger partial charge in [0.05, 0.1) is 5.56 Å². The zero-order valence-corrected chi connectivity index (χ0v) is 12.8. The van der Waals surface area contributed by atoms with Gasteiger partial charge in [-0.3, -0.25) is 4.79 Å². The van der Waals surface area contributed by atoms with Gasteiger partial charge in [0.25, 0.3) is 11.7 Å². The van der Waals surface area contributed by atoms with Crippen molar-refractivity contribution < 1.29 is 18.0 Å². The Morgan fingerprint density at radius 1 is 1.14 bits per heavy atom. The molecule has 0 saturated heterocycles. The van der Waals surface area contributed by atoms with Crippen LogP contribution in [-0.4, -0.2) is 11.7 Å². The van der Waals surface area contributed by atoms with Crippen LogP contribution in [-0.2, 0) is 0 Å². The van der Waals surface area contributed by atoms with Crippen LogP contribution in [0.5, 0.6) is 0 Å². The summed E-state index contributed by atoms with van der Waals surface area (Å²) in [5.74, 6) is -3.75. The molecule has 2 aromatic carbocycles. The molecule has 0 saturated carbocycles. The van der Waals surface area contributed by atoms with Gasteiger partial charge >= 0.3 is 0 Å². The first-order chi connectivity index (χ1) is 9.95. The summed E-state index contributed by atoms with van der Waals surface area (Å²) in [5.41, 5.74) is 0.299. The third kappa shape index (κ3) is 4.50. The van der Waals surface area contributed by atoms with E-state index < -0.39 is 17.5 Å². The van der Waals surface area contributed by atoms with Gasteiger partial charge in [0.2, 0.25) is 0 Å². The SMILES string of the molecule is O=C(Nc1ccc(SC(F)F)cc1)c1cc(Br)ccc1F. The quantitative estimate of drug-likeness (QED) is 0.748. The molecule has 0 aliphatic carbocycles. The summed E-state index contributed by atoms with van der Waals surface area (Å²) in [4.78, 5) is 12.3. The van der Waals surface area contributed by atoms with E-state index >= 15 is 0 Å². The van der Waals surface area contributed by atoms with E-state index in [2.05, 4.69) is 21.2 Å². The van der Waals surface area contributed by atoms with Crippen LogP contribution in [0.1, 0.15) is 10.4 Å². The highest BCUT2D eigenvalue weighted by molar-refractivity contribution is 9.10. The lowest BCUT2D eigenvalue weighted by atomic mass is 10.2. The van der Waals surface area contributed by atoms with Crippen molar-refractivity contribution in [3.63, 3.8) is 0 Å². The maximum absolute atomic E-state index is 13.6. The van der Waals surface area contributed by atoms with Crippen molar-refractivity contribution in [3.8, 4) is 0 Å². The first-order valence-corrected chi connectivity index (χ1v) is 7.44. The van der Waals surface area contributed by atoms with E-state index in [1.165, 1.54) is 42.5 Å². The highest BCUT2D eigenvalue weighted by Crippen LogP contribution is 2.26. The average Bonchev–Trinajstić information content (AvgIpc) is 2.43. The number of thioether (sulfide) groups is 1. The van der Waals surface area contributed by atoms with Crippen molar-refractivity contribution in [3.05, 3.63) is 58.3 Å². The smallest absolute Gasteiger partial charge is 0.288 e. The minimum absolute atomic E-state index is 0.101. The zero-order valence-electron chi connectivity index (χ0n) is 10.4. The minimum Gasteiger partial charge on any atom is -0.322 e. The Morgan fingerprint density at radius 3 is 2.43 bits per heavy atom. The first kappa shape index (κ1) is 15.9.